The summed E-state index contributed by atoms with van der Waals surface area (Å²) < 4.78 is 0. The Kier molecular flexibility index (Phi) is 10.2. The highest BCUT2D eigenvalue weighted by molar-refractivity contribution is 7.98. The van der Waals surface area contributed by atoms with Crippen LogP contribution in [0.3, 0.4) is 0 Å². The van der Waals surface area contributed by atoms with Crippen LogP contribution in [-0.2, 0) is 4.79 Å². The summed E-state index contributed by atoms with van der Waals surface area (Å²) in [5, 5.41) is 8.55. The Morgan fingerprint density at radius 1 is 1.20 bits per heavy atom. The molecule has 0 aliphatic carbocycles. The first-order valence-corrected chi connectivity index (χ1v) is 7.05. The molecule has 0 saturated carbocycles. The number of aliphatic carboxylic acids is 1. The topological polar surface area (TPSA) is 63.3 Å². The Bertz CT molecular complexity index is 165. The zero-order chi connectivity index (χ0) is 11.5. The molecule has 90 valence electrons. The number of unbranched alkanes of at least 4 members (excludes halogenated alkanes) is 5. The summed E-state index contributed by atoms with van der Waals surface area (Å²) >= 11 is 1.90. The molecule has 3 nitrogen and oxygen atoms in total. The molecular weight excluding hydrogens is 210 g/mol. The van der Waals surface area contributed by atoms with E-state index < -0.39 is 12.0 Å². The fraction of sp³-hybridized carbons (Fsp3) is 0.909. The summed E-state index contributed by atoms with van der Waals surface area (Å²) in [6.45, 7) is 0. The van der Waals surface area contributed by atoms with Gasteiger partial charge in [0.2, 0.25) is 0 Å². The number of rotatable bonds is 10. The second-order valence-electron chi connectivity index (χ2n) is 3.85. The lowest BCUT2D eigenvalue weighted by Crippen LogP contribution is -2.29. The first kappa shape index (κ1) is 14.8. The van der Waals surface area contributed by atoms with E-state index in [2.05, 4.69) is 6.26 Å². The van der Waals surface area contributed by atoms with Gasteiger partial charge in [0.25, 0.3) is 0 Å². The van der Waals surface area contributed by atoms with Crippen LogP contribution in [0.2, 0.25) is 0 Å². The summed E-state index contributed by atoms with van der Waals surface area (Å²) in [6, 6.07) is -0.665. The third-order valence-corrected chi connectivity index (χ3v) is 3.13. The van der Waals surface area contributed by atoms with Crippen LogP contribution in [0.5, 0.6) is 0 Å². The predicted octanol–water partition coefficient (Wildman–Crippen LogP) is 2.49. The van der Waals surface area contributed by atoms with Crippen LogP contribution in [0.4, 0.5) is 0 Å². The van der Waals surface area contributed by atoms with E-state index in [1.807, 2.05) is 11.8 Å². The van der Waals surface area contributed by atoms with Crippen molar-refractivity contribution in [2.24, 2.45) is 5.73 Å². The maximum atomic E-state index is 10.4. The van der Waals surface area contributed by atoms with Crippen molar-refractivity contribution >= 4 is 17.7 Å². The van der Waals surface area contributed by atoms with Crippen molar-refractivity contribution in [3.8, 4) is 0 Å². The average Bonchev–Trinajstić information content (AvgIpc) is 2.21. The number of hydrogen-bond donors (Lipinski definition) is 2. The van der Waals surface area contributed by atoms with Gasteiger partial charge in [-0.2, -0.15) is 11.8 Å². The summed E-state index contributed by atoms with van der Waals surface area (Å²) in [7, 11) is 0. The second kappa shape index (κ2) is 10.3. The van der Waals surface area contributed by atoms with Crippen molar-refractivity contribution in [2.75, 3.05) is 12.0 Å². The minimum absolute atomic E-state index is 0.611. The van der Waals surface area contributed by atoms with Gasteiger partial charge in [0.1, 0.15) is 6.04 Å². The third-order valence-electron chi connectivity index (χ3n) is 2.43. The van der Waals surface area contributed by atoms with Crippen LogP contribution in [0.25, 0.3) is 0 Å². The summed E-state index contributed by atoms with van der Waals surface area (Å²) in [4.78, 5) is 10.4. The van der Waals surface area contributed by atoms with E-state index in [1.165, 1.54) is 31.4 Å². The van der Waals surface area contributed by atoms with Crippen LogP contribution < -0.4 is 5.73 Å². The molecular formula is C11H23NO2S. The van der Waals surface area contributed by atoms with Gasteiger partial charge in [-0.25, -0.2) is 0 Å². The lowest BCUT2D eigenvalue weighted by atomic mass is 10.1. The number of carbonyl (C=O) groups is 1. The maximum absolute atomic E-state index is 10.4. The molecule has 0 aromatic heterocycles. The molecule has 0 aliphatic rings. The molecule has 0 aromatic rings. The molecule has 0 fully saturated rings. The van der Waals surface area contributed by atoms with Gasteiger partial charge in [-0.05, 0) is 24.9 Å². The molecule has 15 heavy (non-hydrogen) atoms. The average molecular weight is 233 g/mol. The fourth-order valence-electron chi connectivity index (χ4n) is 1.44. The summed E-state index contributed by atoms with van der Waals surface area (Å²) in [5.74, 6) is 0.374. The van der Waals surface area contributed by atoms with Gasteiger partial charge in [-0.3, -0.25) is 4.79 Å². The molecule has 0 saturated heterocycles. The van der Waals surface area contributed by atoms with Crippen molar-refractivity contribution in [1.29, 1.82) is 0 Å². The fourth-order valence-corrected chi connectivity index (χ4v) is 1.93. The highest BCUT2D eigenvalue weighted by Gasteiger charge is 2.09. The van der Waals surface area contributed by atoms with E-state index in [0.717, 1.165) is 12.8 Å². The smallest absolute Gasteiger partial charge is 0.320 e. The van der Waals surface area contributed by atoms with E-state index >= 15 is 0 Å². The predicted molar refractivity (Wildman–Crippen MR) is 66.3 cm³/mol. The second-order valence-corrected chi connectivity index (χ2v) is 4.83. The van der Waals surface area contributed by atoms with E-state index in [9.17, 15) is 4.79 Å². The van der Waals surface area contributed by atoms with Gasteiger partial charge >= 0.3 is 5.97 Å². The molecule has 0 spiro atoms. The maximum Gasteiger partial charge on any atom is 0.320 e. The largest absolute Gasteiger partial charge is 0.480 e. The number of carboxylic acids is 1. The number of hydrogen-bond acceptors (Lipinski definition) is 3. The molecule has 1 unspecified atom stereocenters. The molecule has 0 rings (SSSR count). The Morgan fingerprint density at radius 3 is 2.27 bits per heavy atom. The van der Waals surface area contributed by atoms with Crippen LogP contribution in [-0.4, -0.2) is 29.1 Å². The molecule has 3 N–H and O–H groups in total. The van der Waals surface area contributed by atoms with Gasteiger partial charge in [-0.15, -0.1) is 0 Å². The molecule has 0 radical (unpaired) electrons. The zero-order valence-electron chi connectivity index (χ0n) is 9.58. The van der Waals surface area contributed by atoms with Crippen molar-refractivity contribution in [3.63, 3.8) is 0 Å². The Morgan fingerprint density at radius 2 is 1.73 bits per heavy atom. The van der Waals surface area contributed by atoms with Gasteiger partial charge in [-0.1, -0.05) is 32.1 Å². The van der Waals surface area contributed by atoms with E-state index in [0.29, 0.717) is 6.42 Å². The highest BCUT2D eigenvalue weighted by atomic mass is 32.2. The van der Waals surface area contributed by atoms with Gasteiger partial charge < -0.3 is 10.8 Å². The Balaban J connectivity index is 3.08. The number of carboxylic acid groups (broad SMARTS) is 1. The molecule has 1 atom stereocenters. The minimum Gasteiger partial charge on any atom is -0.480 e. The Labute approximate surface area is 96.8 Å². The summed E-state index contributed by atoms with van der Waals surface area (Å²) in [5.41, 5.74) is 5.39. The molecule has 0 heterocycles. The standard InChI is InChI=1S/C11H23NO2S/c1-15-9-7-5-3-2-4-6-8-10(12)11(13)14/h10H,2-9,12H2,1H3,(H,13,14). The van der Waals surface area contributed by atoms with Gasteiger partial charge in [0, 0.05) is 0 Å². The molecule has 0 bridgehead atoms. The highest BCUT2D eigenvalue weighted by Crippen LogP contribution is 2.09. The van der Waals surface area contributed by atoms with Crippen LogP contribution in [0, 0.1) is 0 Å². The number of thioether (sulfide) groups is 1. The van der Waals surface area contributed by atoms with Gasteiger partial charge in [0.15, 0.2) is 0 Å². The van der Waals surface area contributed by atoms with Crippen molar-refractivity contribution < 1.29 is 9.90 Å². The SMILES string of the molecule is CSCCCCCCCCC(N)C(=O)O. The third kappa shape index (κ3) is 10.1. The monoisotopic (exact) mass is 233 g/mol. The van der Waals surface area contributed by atoms with Crippen molar-refractivity contribution in [3.05, 3.63) is 0 Å². The lowest BCUT2D eigenvalue weighted by molar-refractivity contribution is -0.138. The summed E-state index contributed by atoms with van der Waals surface area (Å²) in [6.07, 6.45) is 9.87. The quantitative estimate of drug-likeness (QED) is 0.569. The van der Waals surface area contributed by atoms with E-state index in [1.54, 1.807) is 0 Å². The first-order valence-electron chi connectivity index (χ1n) is 5.65. The van der Waals surface area contributed by atoms with Gasteiger partial charge in [0.05, 0.1) is 0 Å². The van der Waals surface area contributed by atoms with E-state index in [-0.39, 0.29) is 0 Å². The van der Waals surface area contributed by atoms with Crippen LogP contribution in [0.1, 0.15) is 44.9 Å². The normalized spacial score (nSPS) is 12.7. The zero-order valence-corrected chi connectivity index (χ0v) is 10.4. The van der Waals surface area contributed by atoms with Crippen molar-refractivity contribution in [1.82, 2.24) is 0 Å². The number of nitrogens with two attached hydrogens (primary N) is 1. The van der Waals surface area contributed by atoms with E-state index in [4.69, 9.17) is 10.8 Å². The molecule has 0 aromatic carbocycles. The first-order chi connectivity index (χ1) is 7.18. The van der Waals surface area contributed by atoms with Crippen molar-refractivity contribution in [2.45, 2.75) is 51.0 Å². The lowest BCUT2D eigenvalue weighted by Gasteiger charge is -2.05. The molecule has 4 heteroatoms. The minimum atomic E-state index is -0.880. The Hall–Kier alpha value is -0.220. The van der Waals surface area contributed by atoms with Crippen LogP contribution in [0.15, 0.2) is 0 Å². The van der Waals surface area contributed by atoms with Crippen LogP contribution >= 0.6 is 11.8 Å². The molecule has 0 aliphatic heterocycles. The molecule has 0 amide bonds.